The monoisotopic (exact) mass is 242 g/mol. The zero-order valence-corrected chi connectivity index (χ0v) is 10.3. The summed E-state index contributed by atoms with van der Waals surface area (Å²) in [6, 6.07) is 11.3. The molecule has 0 radical (unpaired) electrons. The smallest absolute Gasteiger partial charge is 0.409 e. The zero-order valence-electron chi connectivity index (χ0n) is 10.3. The van der Waals surface area contributed by atoms with Crippen LogP contribution in [0.4, 0.5) is 10.5 Å². The van der Waals surface area contributed by atoms with Gasteiger partial charge in [-0.25, -0.2) is 4.79 Å². The second kappa shape index (κ2) is 4.87. The summed E-state index contributed by atoms with van der Waals surface area (Å²) < 4.78 is 0. The Morgan fingerprint density at radius 1 is 1.22 bits per heavy atom. The van der Waals surface area contributed by atoms with Gasteiger partial charge in [0.05, 0.1) is 11.4 Å². The second-order valence-electron chi connectivity index (χ2n) is 4.14. The highest BCUT2D eigenvalue weighted by molar-refractivity contribution is 5.90. The first-order valence-electron chi connectivity index (χ1n) is 5.61. The number of nitrogens with zero attached hydrogens (tertiary/aromatic N) is 1. The molecule has 0 aliphatic carbocycles. The molecule has 18 heavy (non-hydrogen) atoms. The van der Waals surface area contributed by atoms with Gasteiger partial charge in [-0.3, -0.25) is 10.3 Å². The van der Waals surface area contributed by atoms with Crippen molar-refractivity contribution >= 4 is 11.8 Å². The Morgan fingerprint density at radius 2 is 2.00 bits per heavy atom. The standard InChI is InChI=1S/C14H14N2O2/c1-9-6-7-11(13(8-9)16-14(17)18)12-5-3-4-10(2)15-12/h3-8,16H,1-2H3,(H,17,18). The van der Waals surface area contributed by atoms with Gasteiger partial charge in [0.25, 0.3) is 0 Å². The van der Waals surface area contributed by atoms with E-state index in [0.29, 0.717) is 5.69 Å². The summed E-state index contributed by atoms with van der Waals surface area (Å²) >= 11 is 0. The van der Waals surface area contributed by atoms with Crippen LogP contribution in [0.3, 0.4) is 0 Å². The number of anilines is 1. The van der Waals surface area contributed by atoms with E-state index in [1.807, 2.05) is 44.2 Å². The summed E-state index contributed by atoms with van der Waals surface area (Å²) in [6.45, 7) is 3.82. The fraction of sp³-hybridized carbons (Fsp3) is 0.143. The first kappa shape index (κ1) is 12.1. The number of pyridine rings is 1. The van der Waals surface area contributed by atoms with Crippen molar-refractivity contribution in [1.82, 2.24) is 4.98 Å². The number of aromatic nitrogens is 1. The molecule has 0 saturated heterocycles. The lowest BCUT2D eigenvalue weighted by Gasteiger charge is -2.10. The Morgan fingerprint density at radius 3 is 2.67 bits per heavy atom. The van der Waals surface area contributed by atoms with Crippen LogP contribution in [0.2, 0.25) is 0 Å². The molecule has 1 amide bonds. The van der Waals surface area contributed by atoms with Crippen molar-refractivity contribution in [1.29, 1.82) is 0 Å². The number of amides is 1. The summed E-state index contributed by atoms with van der Waals surface area (Å²) in [5.41, 5.74) is 4.00. The van der Waals surface area contributed by atoms with Gasteiger partial charge in [-0.2, -0.15) is 0 Å². The minimum Gasteiger partial charge on any atom is -0.465 e. The first-order chi connectivity index (χ1) is 8.56. The molecule has 92 valence electrons. The number of carboxylic acid groups (broad SMARTS) is 1. The van der Waals surface area contributed by atoms with Crippen LogP contribution in [0.15, 0.2) is 36.4 Å². The second-order valence-corrected chi connectivity index (χ2v) is 4.14. The van der Waals surface area contributed by atoms with E-state index in [0.717, 1.165) is 22.5 Å². The van der Waals surface area contributed by atoms with Gasteiger partial charge >= 0.3 is 6.09 Å². The van der Waals surface area contributed by atoms with Gasteiger partial charge in [-0.15, -0.1) is 0 Å². The third-order valence-electron chi connectivity index (χ3n) is 2.58. The molecular weight excluding hydrogens is 228 g/mol. The minimum absolute atomic E-state index is 0.556. The Labute approximate surface area is 105 Å². The Bertz CT molecular complexity index is 594. The largest absolute Gasteiger partial charge is 0.465 e. The fourth-order valence-corrected chi connectivity index (χ4v) is 1.79. The Hall–Kier alpha value is -2.36. The van der Waals surface area contributed by atoms with E-state index in [1.165, 1.54) is 0 Å². The molecule has 2 aromatic rings. The molecule has 4 nitrogen and oxygen atoms in total. The van der Waals surface area contributed by atoms with Gasteiger partial charge in [-0.1, -0.05) is 18.2 Å². The van der Waals surface area contributed by atoms with Crippen molar-refractivity contribution in [2.24, 2.45) is 0 Å². The van der Waals surface area contributed by atoms with Crippen molar-refractivity contribution in [3.8, 4) is 11.3 Å². The van der Waals surface area contributed by atoms with E-state index >= 15 is 0 Å². The number of aryl methyl sites for hydroxylation is 2. The highest BCUT2D eigenvalue weighted by Crippen LogP contribution is 2.27. The predicted octanol–water partition coefficient (Wildman–Crippen LogP) is 3.46. The van der Waals surface area contributed by atoms with Gasteiger partial charge in [0, 0.05) is 11.3 Å². The van der Waals surface area contributed by atoms with Crippen LogP contribution in [0, 0.1) is 13.8 Å². The minimum atomic E-state index is -1.07. The summed E-state index contributed by atoms with van der Waals surface area (Å²) in [7, 11) is 0. The maximum atomic E-state index is 10.8. The quantitative estimate of drug-likeness (QED) is 0.847. The third kappa shape index (κ3) is 2.66. The highest BCUT2D eigenvalue weighted by Gasteiger charge is 2.09. The van der Waals surface area contributed by atoms with E-state index in [9.17, 15) is 4.79 Å². The summed E-state index contributed by atoms with van der Waals surface area (Å²) in [5.74, 6) is 0. The van der Waals surface area contributed by atoms with E-state index in [2.05, 4.69) is 10.3 Å². The average molecular weight is 242 g/mol. The number of benzene rings is 1. The van der Waals surface area contributed by atoms with E-state index in [1.54, 1.807) is 6.07 Å². The molecule has 0 saturated carbocycles. The van der Waals surface area contributed by atoms with Gasteiger partial charge in [0.15, 0.2) is 0 Å². The van der Waals surface area contributed by atoms with E-state index in [4.69, 9.17) is 5.11 Å². The molecule has 0 aliphatic rings. The lowest BCUT2D eigenvalue weighted by atomic mass is 10.1. The number of hydrogen-bond acceptors (Lipinski definition) is 2. The number of rotatable bonds is 2. The van der Waals surface area contributed by atoms with Crippen LogP contribution < -0.4 is 5.32 Å². The molecular formula is C14H14N2O2. The topological polar surface area (TPSA) is 62.2 Å². The zero-order chi connectivity index (χ0) is 13.1. The molecule has 0 unspecified atom stereocenters. The SMILES string of the molecule is Cc1ccc(-c2cccc(C)n2)c(NC(=O)O)c1. The van der Waals surface area contributed by atoms with Crippen LogP contribution in [-0.2, 0) is 0 Å². The van der Waals surface area contributed by atoms with Crippen LogP contribution >= 0.6 is 0 Å². The molecule has 1 aromatic heterocycles. The van der Waals surface area contributed by atoms with Crippen molar-refractivity contribution in [2.75, 3.05) is 5.32 Å². The third-order valence-corrected chi connectivity index (χ3v) is 2.58. The number of carbonyl (C=O) groups is 1. The summed E-state index contributed by atoms with van der Waals surface area (Å²) in [6.07, 6.45) is -1.07. The molecule has 0 atom stereocenters. The van der Waals surface area contributed by atoms with Gasteiger partial charge in [-0.05, 0) is 37.6 Å². The molecule has 2 N–H and O–H groups in total. The molecule has 1 heterocycles. The van der Waals surface area contributed by atoms with Crippen LogP contribution in [0.1, 0.15) is 11.3 Å². The van der Waals surface area contributed by atoms with Crippen molar-refractivity contribution in [3.63, 3.8) is 0 Å². The molecule has 0 aliphatic heterocycles. The van der Waals surface area contributed by atoms with Gasteiger partial charge in [0.2, 0.25) is 0 Å². The van der Waals surface area contributed by atoms with Crippen molar-refractivity contribution in [2.45, 2.75) is 13.8 Å². The van der Waals surface area contributed by atoms with E-state index < -0.39 is 6.09 Å². The number of hydrogen-bond donors (Lipinski definition) is 2. The normalized spacial score (nSPS) is 10.1. The Balaban J connectivity index is 2.52. The summed E-state index contributed by atoms with van der Waals surface area (Å²) in [4.78, 5) is 15.2. The van der Waals surface area contributed by atoms with Gasteiger partial charge < -0.3 is 5.11 Å². The average Bonchev–Trinajstić information content (AvgIpc) is 2.28. The molecule has 2 rings (SSSR count). The summed E-state index contributed by atoms with van der Waals surface area (Å²) in [5, 5.41) is 11.3. The molecule has 0 spiro atoms. The molecule has 0 bridgehead atoms. The van der Waals surface area contributed by atoms with Crippen LogP contribution in [-0.4, -0.2) is 16.2 Å². The highest BCUT2D eigenvalue weighted by atomic mass is 16.4. The van der Waals surface area contributed by atoms with Crippen LogP contribution in [0.5, 0.6) is 0 Å². The van der Waals surface area contributed by atoms with Crippen molar-refractivity contribution in [3.05, 3.63) is 47.7 Å². The van der Waals surface area contributed by atoms with Gasteiger partial charge in [0.1, 0.15) is 0 Å². The lowest BCUT2D eigenvalue weighted by Crippen LogP contribution is -2.08. The number of nitrogens with one attached hydrogen (secondary N) is 1. The molecule has 0 fully saturated rings. The lowest BCUT2D eigenvalue weighted by molar-refractivity contribution is 0.210. The maximum absolute atomic E-state index is 10.8. The molecule has 4 heteroatoms. The fourth-order valence-electron chi connectivity index (χ4n) is 1.79. The maximum Gasteiger partial charge on any atom is 0.409 e. The Kier molecular flexibility index (Phi) is 3.28. The van der Waals surface area contributed by atoms with E-state index in [-0.39, 0.29) is 0 Å². The predicted molar refractivity (Wildman–Crippen MR) is 70.8 cm³/mol. The molecule has 1 aromatic carbocycles. The van der Waals surface area contributed by atoms with Crippen LogP contribution in [0.25, 0.3) is 11.3 Å². The first-order valence-corrected chi connectivity index (χ1v) is 5.61. The van der Waals surface area contributed by atoms with Crippen molar-refractivity contribution < 1.29 is 9.90 Å².